The van der Waals surface area contributed by atoms with Crippen LogP contribution in [0, 0.1) is 0 Å². The highest BCUT2D eigenvalue weighted by Crippen LogP contribution is 2.42. The minimum Gasteiger partial charge on any atom is -0.421 e. The molecule has 2 aromatic rings. The molecular weight excluding hydrogens is 328 g/mol. The second-order valence-electron chi connectivity index (χ2n) is 7.60. The van der Waals surface area contributed by atoms with Crippen molar-refractivity contribution in [1.29, 1.82) is 0 Å². The third-order valence-corrected chi connectivity index (χ3v) is 5.48. The minimum absolute atomic E-state index is 0.199. The van der Waals surface area contributed by atoms with Crippen LogP contribution in [0.15, 0.2) is 16.8 Å². The monoisotopic (exact) mass is 356 g/mol. The first kappa shape index (κ1) is 17.3. The maximum atomic E-state index is 6.59. The van der Waals surface area contributed by atoms with Crippen molar-refractivity contribution in [3.8, 4) is 0 Å². The van der Waals surface area contributed by atoms with E-state index in [1.54, 1.807) is 0 Å². The first-order valence-corrected chi connectivity index (χ1v) is 9.75. The molecule has 1 aliphatic carbocycles. The average Bonchev–Trinajstić information content (AvgIpc) is 3.30. The fraction of sp³-hybridized carbons (Fsp3) is 0.632. The van der Waals surface area contributed by atoms with Gasteiger partial charge in [-0.3, -0.25) is 0 Å². The van der Waals surface area contributed by atoms with Crippen LogP contribution in [-0.2, 0) is 6.54 Å². The highest BCUT2D eigenvalue weighted by Gasteiger charge is 2.35. The molecule has 0 radical (unpaired) electrons. The molecule has 1 aliphatic heterocycles. The molecule has 0 aromatic carbocycles. The Morgan fingerprint density at radius 2 is 2.00 bits per heavy atom. The number of hydrogen-bond donors (Lipinski definition) is 1. The summed E-state index contributed by atoms with van der Waals surface area (Å²) in [5.74, 6) is 2.49. The molecule has 3 heterocycles. The van der Waals surface area contributed by atoms with Crippen LogP contribution in [0.3, 0.4) is 0 Å². The fourth-order valence-corrected chi connectivity index (χ4v) is 4.00. The predicted octanol–water partition coefficient (Wildman–Crippen LogP) is 3.60. The second-order valence-corrected chi connectivity index (χ2v) is 7.60. The van der Waals surface area contributed by atoms with Gasteiger partial charge in [0.2, 0.25) is 11.8 Å². The van der Waals surface area contributed by atoms with E-state index in [1.807, 2.05) is 24.7 Å². The average molecular weight is 356 g/mol. The summed E-state index contributed by atoms with van der Waals surface area (Å²) in [7, 11) is 0. The zero-order chi connectivity index (χ0) is 18.3. The molecule has 4 rings (SSSR count). The van der Waals surface area contributed by atoms with Crippen LogP contribution in [-0.4, -0.2) is 26.0 Å². The molecule has 140 valence electrons. The molecule has 0 saturated heterocycles. The number of rotatable bonds is 4. The van der Waals surface area contributed by atoms with Gasteiger partial charge in [-0.2, -0.15) is 5.10 Å². The van der Waals surface area contributed by atoms with Crippen LogP contribution in [0.25, 0.3) is 5.57 Å². The van der Waals surface area contributed by atoms with Crippen LogP contribution in [0.4, 0.5) is 5.82 Å². The van der Waals surface area contributed by atoms with E-state index in [0.29, 0.717) is 17.8 Å². The van der Waals surface area contributed by atoms with Gasteiger partial charge in [0.25, 0.3) is 0 Å². The van der Waals surface area contributed by atoms with Gasteiger partial charge in [-0.05, 0) is 19.8 Å². The van der Waals surface area contributed by atoms with Crippen molar-refractivity contribution >= 4 is 11.4 Å². The number of nitrogens with two attached hydrogens (primary N) is 1. The lowest BCUT2D eigenvalue weighted by Crippen LogP contribution is -2.38. The van der Waals surface area contributed by atoms with Crippen molar-refractivity contribution in [1.82, 2.24) is 20.0 Å². The molecule has 1 unspecified atom stereocenters. The molecule has 0 spiro atoms. The van der Waals surface area contributed by atoms with Crippen LogP contribution >= 0.6 is 0 Å². The number of aromatic nitrogens is 4. The van der Waals surface area contributed by atoms with E-state index in [2.05, 4.69) is 33.3 Å². The van der Waals surface area contributed by atoms with Gasteiger partial charge in [-0.1, -0.05) is 33.1 Å². The molecule has 1 fully saturated rings. The summed E-state index contributed by atoms with van der Waals surface area (Å²) in [5.41, 5.74) is 8.52. The number of hydrogen-bond acceptors (Lipinski definition) is 6. The van der Waals surface area contributed by atoms with Crippen molar-refractivity contribution < 1.29 is 4.42 Å². The predicted molar refractivity (Wildman–Crippen MR) is 101 cm³/mol. The molecular formula is C19H28N6O. The van der Waals surface area contributed by atoms with Crippen molar-refractivity contribution in [2.24, 2.45) is 5.73 Å². The Bertz CT molecular complexity index is 799. The van der Waals surface area contributed by atoms with E-state index >= 15 is 0 Å². The third-order valence-electron chi connectivity index (χ3n) is 5.48. The Labute approximate surface area is 154 Å². The van der Waals surface area contributed by atoms with E-state index in [-0.39, 0.29) is 12.0 Å². The second kappa shape index (κ2) is 6.87. The lowest BCUT2D eigenvalue weighted by atomic mass is 9.91. The third kappa shape index (κ3) is 2.84. The van der Waals surface area contributed by atoms with Crippen LogP contribution in [0.1, 0.15) is 82.2 Å². The molecule has 0 bridgehead atoms. The van der Waals surface area contributed by atoms with Crippen LogP contribution in [0.5, 0.6) is 0 Å². The standard InChI is InChI=1S/C19H28N6O/c1-4-25-19-14(10-21-25)16(20)15(18-23-22-17(26-18)12(2)3)11-24(19)13-8-6-5-7-9-13/h10-13,16H,4-9,20H2,1-3H3. The topological polar surface area (TPSA) is 86.0 Å². The highest BCUT2D eigenvalue weighted by molar-refractivity contribution is 5.76. The number of fused-ring (bicyclic) bond motifs is 1. The van der Waals surface area contributed by atoms with E-state index in [0.717, 1.165) is 23.5 Å². The molecule has 26 heavy (non-hydrogen) atoms. The Hall–Kier alpha value is -2.15. The lowest BCUT2D eigenvalue weighted by molar-refractivity contribution is 0.425. The Kier molecular flexibility index (Phi) is 4.56. The first-order chi connectivity index (χ1) is 12.6. The maximum absolute atomic E-state index is 6.59. The summed E-state index contributed by atoms with van der Waals surface area (Å²) in [6.45, 7) is 7.03. The van der Waals surface area contributed by atoms with Gasteiger partial charge in [0.1, 0.15) is 5.82 Å². The van der Waals surface area contributed by atoms with Crippen molar-refractivity contribution in [2.45, 2.75) is 77.4 Å². The largest absolute Gasteiger partial charge is 0.421 e. The summed E-state index contributed by atoms with van der Waals surface area (Å²) < 4.78 is 7.96. The Morgan fingerprint density at radius 1 is 1.23 bits per heavy atom. The van der Waals surface area contributed by atoms with Crippen LogP contribution in [0.2, 0.25) is 0 Å². The van der Waals surface area contributed by atoms with Gasteiger partial charge < -0.3 is 15.1 Å². The Balaban J connectivity index is 1.77. The zero-order valence-corrected chi connectivity index (χ0v) is 15.9. The molecule has 1 saturated carbocycles. The SMILES string of the molecule is CCn1ncc2c1N(C1CCCCC1)C=C(c1nnc(C(C)C)o1)C2N. The number of nitrogens with zero attached hydrogens (tertiary/aromatic N) is 5. The molecule has 2 aliphatic rings. The summed E-state index contributed by atoms with van der Waals surface area (Å²) in [6, 6.07) is 0.171. The minimum atomic E-state index is -0.300. The van der Waals surface area contributed by atoms with Crippen LogP contribution < -0.4 is 10.6 Å². The molecule has 2 N–H and O–H groups in total. The van der Waals surface area contributed by atoms with Gasteiger partial charge >= 0.3 is 0 Å². The summed E-state index contributed by atoms with van der Waals surface area (Å²) >= 11 is 0. The number of anilines is 1. The first-order valence-electron chi connectivity index (χ1n) is 9.75. The number of aryl methyl sites for hydroxylation is 1. The summed E-state index contributed by atoms with van der Waals surface area (Å²) in [4.78, 5) is 2.36. The van der Waals surface area contributed by atoms with Gasteiger partial charge in [-0.15, -0.1) is 10.2 Å². The highest BCUT2D eigenvalue weighted by atomic mass is 16.4. The van der Waals surface area contributed by atoms with Gasteiger partial charge in [-0.25, -0.2) is 4.68 Å². The van der Waals surface area contributed by atoms with Gasteiger partial charge in [0.15, 0.2) is 0 Å². The van der Waals surface area contributed by atoms with Crippen molar-refractivity contribution in [2.75, 3.05) is 4.90 Å². The molecule has 2 aromatic heterocycles. The van der Waals surface area contributed by atoms with E-state index in [9.17, 15) is 0 Å². The van der Waals surface area contributed by atoms with Crippen molar-refractivity contribution in [3.63, 3.8) is 0 Å². The zero-order valence-electron chi connectivity index (χ0n) is 15.9. The fourth-order valence-electron chi connectivity index (χ4n) is 4.00. The van der Waals surface area contributed by atoms with Gasteiger partial charge in [0, 0.05) is 30.3 Å². The smallest absolute Gasteiger partial charge is 0.247 e. The normalized spacial score (nSPS) is 21.2. The Morgan fingerprint density at radius 3 is 2.65 bits per heavy atom. The lowest BCUT2D eigenvalue weighted by Gasteiger charge is -2.38. The van der Waals surface area contributed by atoms with E-state index in [4.69, 9.17) is 10.2 Å². The van der Waals surface area contributed by atoms with Gasteiger partial charge in [0.05, 0.1) is 17.8 Å². The summed E-state index contributed by atoms with van der Waals surface area (Å²) in [6.07, 6.45) is 10.3. The quantitative estimate of drug-likeness (QED) is 0.901. The molecule has 0 amide bonds. The van der Waals surface area contributed by atoms with E-state index < -0.39 is 0 Å². The van der Waals surface area contributed by atoms with E-state index in [1.165, 1.54) is 32.1 Å². The molecule has 1 atom stereocenters. The van der Waals surface area contributed by atoms with Crippen molar-refractivity contribution in [3.05, 3.63) is 29.7 Å². The maximum Gasteiger partial charge on any atom is 0.247 e. The summed E-state index contributed by atoms with van der Waals surface area (Å²) in [5, 5.41) is 13.0. The molecule has 7 heteroatoms. The molecule has 7 nitrogen and oxygen atoms in total.